The molecule has 8 heteroatoms. The number of hydrogen-bond acceptors (Lipinski definition) is 6. The average molecular weight is 498 g/mol. The quantitative estimate of drug-likeness (QED) is 0.467. The molecule has 0 radical (unpaired) electrons. The van der Waals surface area contributed by atoms with Crippen molar-refractivity contribution in [3.8, 4) is 11.1 Å². The molecule has 1 unspecified atom stereocenters. The summed E-state index contributed by atoms with van der Waals surface area (Å²) < 4.78 is 5.00. The molecule has 2 aromatic carbocycles. The van der Waals surface area contributed by atoms with Gasteiger partial charge in [-0.05, 0) is 43.7 Å². The Labute approximate surface area is 209 Å². The molecular formula is C26H28ClN3O3S. The van der Waals surface area contributed by atoms with E-state index in [-0.39, 0.29) is 18.5 Å². The van der Waals surface area contributed by atoms with Crippen LogP contribution in [0, 0.1) is 6.92 Å². The van der Waals surface area contributed by atoms with Crippen LogP contribution in [0.5, 0.6) is 0 Å². The number of carbonyl (C=O) groups excluding carboxylic acids is 2. The number of nitrogens with one attached hydrogen (secondary N) is 1. The van der Waals surface area contributed by atoms with Gasteiger partial charge in [-0.1, -0.05) is 41.4 Å². The highest BCUT2D eigenvalue weighted by Crippen LogP contribution is 2.36. The van der Waals surface area contributed by atoms with Crippen molar-refractivity contribution < 1.29 is 14.3 Å². The maximum absolute atomic E-state index is 12.9. The van der Waals surface area contributed by atoms with Crippen LogP contribution in [0.3, 0.4) is 0 Å². The van der Waals surface area contributed by atoms with Crippen LogP contribution in [0.25, 0.3) is 11.1 Å². The maximum atomic E-state index is 12.9. The van der Waals surface area contributed by atoms with Crippen molar-refractivity contribution in [2.45, 2.75) is 19.9 Å². The molecule has 34 heavy (non-hydrogen) atoms. The topological polar surface area (TPSA) is 61.9 Å². The molecule has 1 aliphatic heterocycles. The van der Waals surface area contributed by atoms with E-state index >= 15 is 0 Å². The van der Waals surface area contributed by atoms with Crippen LogP contribution in [0.4, 0.5) is 10.7 Å². The van der Waals surface area contributed by atoms with Crippen LogP contribution >= 0.6 is 22.9 Å². The first-order valence-corrected chi connectivity index (χ1v) is 12.4. The first kappa shape index (κ1) is 24.3. The number of hydrogen-bond donors (Lipinski definition) is 1. The van der Waals surface area contributed by atoms with Gasteiger partial charge in [-0.25, -0.2) is 4.79 Å². The minimum Gasteiger partial charge on any atom is -0.465 e. The normalized spacial score (nSPS) is 16.4. The largest absolute Gasteiger partial charge is 0.465 e. The minimum atomic E-state index is -0.484. The minimum absolute atomic E-state index is 0.148. The number of rotatable bonds is 6. The number of methoxy groups -OCH3 is 1. The molecule has 0 spiro atoms. The second-order valence-corrected chi connectivity index (χ2v) is 9.83. The number of thiophene rings is 1. The van der Waals surface area contributed by atoms with Crippen LogP contribution in [0.15, 0.2) is 53.9 Å². The van der Waals surface area contributed by atoms with Gasteiger partial charge in [-0.3, -0.25) is 9.69 Å². The average Bonchev–Trinajstić information content (AvgIpc) is 3.23. The molecule has 4 rings (SSSR count). The lowest BCUT2D eigenvalue weighted by Crippen LogP contribution is -2.53. The van der Waals surface area contributed by atoms with Gasteiger partial charge in [-0.2, -0.15) is 0 Å². The third-order valence-electron chi connectivity index (χ3n) is 6.03. The van der Waals surface area contributed by atoms with Crippen molar-refractivity contribution in [3.05, 3.63) is 70.1 Å². The highest BCUT2D eigenvalue weighted by atomic mass is 35.5. The molecular weight excluding hydrogens is 470 g/mol. The zero-order chi connectivity index (χ0) is 24.2. The van der Waals surface area contributed by atoms with Gasteiger partial charge < -0.3 is 15.0 Å². The molecule has 1 amide bonds. The van der Waals surface area contributed by atoms with E-state index in [0.717, 1.165) is 25.2 Å². The van der Waals surface area contributed by atoms with Crippen LogP contribution in [-0.2, 0) is 9.53 Å². The van der Waals surface area contributed by atoms with Gasteiger partial charge in [0.15, 0.2) is 0 Å². The first-order chi connectivity index (χ1) is 16.4. The SMILES string of the molecule is COC(=O)c1c(-c2ccc(Cl)cc2)csc1NC(=O)CN1CCN(c2ccc(C)cc2)C(C)C1. The Kier molecular flexibility index (Phi) is 7.56. The molecule has 0 bridgehead atoms. The van der Waals surface area contributed by atoms with Gasteiger partial charge in [0.2, 0.25) is 5.91 Å². The lowest BCUT2D eigenvalue weighted by molar-refractivity contribution is -0.117. The molecule has 1 N–H and O–H groups in total. The Morgan fingerprint density at radius 2 is 1.82 bits per heavy atom. The lowest BCUT2D eigenvalue weighted by Gasteiger charge is -2.41. The van der Waals surface area contributed by atoms with Gasteiger partial charge in [0.25, 0.3) is 0 Å². The van der Waals surface area contributed by atoms with E-state index in [4.69, 9.17) is 16.3 Å². The number of esters is 1. The van der Waals surface area contributed by atoms with Crippen molar-refractivity contribution in [3.63, 3.8) is 0 Å². The van der Waals surface area contributed by atoms with Crippen molar-refractivity contribution in [2.75, 3.05) is 43.5 Å². The van der Waals surface area contributed by atoms with Gasteiger partial charge in [0, 0.05) is 47.3 Å². The summed E-state index contributed by atoms with van der Waals surface area (Å²) in [6.07, 6.45) is 0. The van der Waals surface area contributed by atoms with Gasteiger partial charge in [0.05, 0.1) is 13.7 Å². The summed E-state index contributed by atoms with van der Waals surface area (Å²) in [6.45, 7) is 6.95. The second-order valence-electron chi connectivity index (χ2n) is 8.51. The molecule has 0 saturated carbocycles. The van der Waals surface area contributed by atoms with E-state index in [1.54, 1.807) is 12.1 Å². The first-order valence-electron chi connectivity index (χ1n) is 11.2. The van der Waals surface area contributed by atoms with E-state index in [9.17, 15) is 9.59 Å². The highest BCUT2D eigenvalue weighted by molar-refractivity contribution is 7.15. The summed E-state index contributed by atoms with van der Waals surface area (Å²) in [5.41, 5.74) is 4.36. The number of benzene rings is 2. The number of nitrogens with zero attached hydrogens (tertiary/aromatic N) is 2. The number of halogens is 1. The zero-order valence-electron chi connectivity index (χ0n) is 19.5. The molecule has 3 aromatic rings. The maximum Gasteiger partial charge on any atom is 0.341 e. The number of carbonyl (C=O) groups is 2. The molecule has 2 heterocycles. The summed E-state index contributed by atoms with van der Waals surface area (Å²) in [7, 11) is 1.34. The van der Waals surface area contributed by atoms with Crippen molar-refractivity contribution in [1.29, 1.82) is 0 Å². The predicted octanol–water partition coefficient (Wildman–Crippen LogP) is 5.31. The van der Waals surface area contributed by atoms with E-state index in [1.165, 1.54) is 29.7 Å². The number of anilines is 2. The van der Waals surface area contributed by atoms with Crippen molar-refractivity contribution in [2.24, 2.45) is 0 Å². The summed E-state index contributed by atoms with van der Waals surface area (Å²) in [5.74, 6) is -0.632. The van der Waals surface area contributed by atoms with Crippen LogP contribution in [0.2, 0.25) is 5.02 Å². The zero-order valence-corrected chi connectivity index (χ0v) is 21.1. The Morgan fingerprint density at radius 1 is 1.12 bits per heavy atom. The van der Waals surface area contributed by atoms with Gasteiger partial charge in [-0.15, -0.1) is 11.3 Å². The smallest absolute Gasteiger partial charge is 0.341 e. The standard InChI is InChI=1S/C26H28ClN3O3S/c1-17-4-10-21(11-5-17)30-13-12-29(14-18(30)2)15-23(31)28-25-24(26(32)33-3)22(16-34-25)19-6-8-20(27)9-7-19/h4-11,16,18H,12-15H2,1-3H3,(H,28,31). The van der Waals surface area contributed by atoms with Crippen LogP contribution < -0.4 is 10.2 Å². The fourth-order valence-electron chi connectivity index (χ4n) is 4.26. The lowest BCUT2D eigenvalue weighted by atomic mass is 10.0. The van der Waals surface area contributed by atoms with E-state index in [2.05, 4.69) is 53.2 Å². The summed E-state index contributed by atoms with van der Waals surface area (Å²) in [6, 6.07) is 16.1. The Bertz CT molecular complexity index is 1160. The Hall–Kier alpha value is -2.87. The summed E-state index contributed by atoms with van der Waals surface area (Å²) >= 11 is 7.32. The number of piperazine rings is 1. The monoisotopic (exact) mass is 497 g/mol. The van der Waals surface area contributed by atoms with Crippen LogP contribution in [0.1, 0.15) is 22.8 Å². The molecule has 6 nitrogen and oxygen atoms in total. The van der Waals surface area contributed by atoms with Crippen LogP contribution in [-0.4, -0.2) is 56.1 Å². The predicted molar refractivity (Wildman–Crippen MR) is 139 cm³/mol. The molecule has 0 aliphatic carbocycles. The molecule has 1 fully saturated rings. The van der Waals surface area contributed by atoms with Crippen molar-refractivity contribution >= 4 is 45.5 Å². The molecule has 1 atom stereocenters. The third kappa shape index (κ3) is 5.43. The Morgan fingerprint density at radius 3 is 2.47 bits per heavy atom. The summed E-state index contributed by atoms with van der Waals surface area (Å²) in [4.78, 5) is 30.0. The Balaban J connectivity index is 1.42. The van der Waals surface area contributed by atoms with Gasteiger partial charge in [0.1, 0.15) is 10.6 Å². The summed E-state index contributed by atoms with van der Waals surface area (Å²) in [5, 5.41) is 5.90. The van der Waals surface area contributed by atoms with E-state index in [1.807, 2.05) is 17.5 Å². The highest BCUT2D eigenvalue weighted by Gasteiger charge is 2.27. The van der Waals surface area contributed by atoms with E-state index in [0.29, 0.717) is 21.2 Å². The van der Waals surface area contributed by atoms with Crippen molar-refractivity contribution in [1.82, 2.24) is 4.90 Å². The molecule has 178 valence electrons. The molecule has 1 aliphatic rings. The third-order valence-corrected chi connectivity index (χ3v) is 7.18. The second kappa shape index (κ2) is 10.6. The van der Waals surface area contributed by atoms with Gasteiger partial charge >= 0.3 is 5.97 Å². The molecule has 1 aromatic heterocycles. The number of aryl methyl sites for hydroxylation is 1. The fraction of sp³-hybridized carbons (Fsp3) is 0.308. The molecule has 1 saturated heterocycles. The fourth-order valence-corrected chi connectivity index (χ4v) is 5.36. The van der Waals surface area contributed by atoms with E-state index < -0.39 is 5.97 Å². The number of ether oxygens (including phenoxy) is 1. The number of amides is 1.